The first-order valence-electron chi connectivity index (χ1n) is 4.92. The Labute approximate surface area is 119 Å². The standard InChI is InChI=1S/C10H4Cl2F3N3O2/c11-5-1-2-16-8(6(5)12)18-7(10(13,14)15)4(3-17-18)9(19)20/h1-3H,(H,19,20). The van der Waals surface area contributed by atoms with E-state index in [1.807, 2.05) is 0 Å². The SMILES string of the molecule is O=C(O)c1cnn(-c2nccc(Cl)c2Cl)c1C(F)(F)F. The number of hydrogen-bond donors (Lipinski definition) is 1. The molecule has 0 fully saturated rings. The molecule has 5 nitrogen and oxygen atoms in total. The van der Waals surface area contributed by atoms with Gasteiger partial charge >= 0.3 is 12.1 Å². The van der Waals surface area contributed by atoms with E-state index in [1.54, 1.807) is 0 Å². The molecule has 0 amide bonds. The van der Waals surface area contributed by atoms with E-state index in [-0.39, 0.29) is 10.0 Å². The third-order valence-corrected chi connectivity index (χ3v) is 3.08. The smallest absolute Gasteiger partial charge is 0.434 e. The summed E-state index contributed by atoms with van der Waals surface area (Å²) in [6.45, 7) is 0. The van der Waals surface area contributed by atoms with E-state index in [0.29, 0.717) is 10.9 Å². The van der Waals surface area contributed by atoms with Gasteiger partial charge in [0.05, 0.1) is 11.2 Å². The Kier molecular flexibility index (Phi) is 3.61. The number of alkyl halides is 3. The second kappa shape index (κ2) is 4.95. The summed E-state index contributed by atoms with van der Waals surface area (Å²) in [5, 5.41) is 11.9. The average Bonchev–Trinajstić information content (AvgIpc) is 2.77. The van der Waals surface area contributed by atoms with Crippen LogP contribution in [-0.4, -0.2) is 25.8 Å². The zero-order chi connectivity index (χ0) is 15.1. The maximum atomic E-state index is 13.0. The van der Waals surface area contributed by atoms with Crippen LogP contribution in [0.25, 0.3) is 5.82 Å². The van der Waals surface area contributed by atoms with Gasteiger partial charge in [0.2, 0.25) is 0 Å². The number of carboxylic acid groups (broad SMARTS) is 1. The number of rotatable bonds is 2. The van der Waals surface area contributed by atoms with E-state index < -0.39 is 29.2 Å². The van der Waals surface area contributed by atoms with Crippen LogP contribution >= 0.6 is 23.2 Å². The molecule has 0 saturated carbocycles. The average molecular weight is 326 g/mol. The van der Waals surface area contributed by atoms with Crippen molar-refractivity contribution in [1.29, 1.82) is 0 Å². The van der Waals surface area contributed by atoms with Crippen molar-refractivity contribution in [3.05, 3.63) is 39.8 Å². The van der Waals surface area contributed by atoms with Crippen molar-refractivity contribution in [2.75, 3.05) is 0 Å². The predicted octanol–water partition coefficient (Wildman–Crippen LogP) is 3.29. The van der Waals surface area contributed by atoms with Gasteiger partial charge in [-0.2, -0.15) is 18.3 Å². The molecule has 0 bridgehead atoms. The van der Waals surface area contributed by atoms with Gasteiger partial charge in [0.25, 0.3) is 0 Å². The highest BCUT2D eigenvalue weighted by Gasteiger charge is 2.41. The van der Waals surface area contributed by atoms with Crippen molar-refractivity contribution in [2.24, 2.45) is 0 Å². The second-order valence-electron chi connectivity index (χ2n) is 3.55. The zero-order valence-corrected chi connectivity index (χ0v) is 10.8. The van der Waals surface area contributed by atoms with Crippen LogP contribution in [0, 0.1) is 0 Å². The monoisotopic (exact) mass is 325 g/mol. The maximum Gasteiger partial charge on any atom is 0.434 e. The van der Waals surface area contributed by atoms with Crippen molar-refractivity contribution in [2.45, 2.75) is 6.18 Å². The quantitative estimate of drug-likeness (QED) is 0.919. The molecular formula is C10H4Cl2F3N3O2. The van der Waals surface area contributed by atoms with Crippen molar-refractivity contribution < 1.29 is 23.1 Å². The molecule has 0 radical (unpaired) electrons. The zero-order valence-electron chi connectivity index (χ0n) is 9.32. The minimum absolute atomic E-state index is 0.0304. The molecule has 0 aromatic carbocycles. The lowest BCUT2D eigenvalue weighted by atomic mass is 10.2. The molecule has 0 saturated heterocycles. The summed E-state index contributed by atoms with van der Waals surface area (Å²) in [5.74, 6) is -2.17. The Morgan fingerprint density at radius 3 is 2.55 bits per heavy atom. The van der Waals surface area contributed by atoms with E-state index in [9.17, 15) is 18.0 Å². The number of aromatic nitrogens is 3. The first-order chi connectivity index (χ1) is 9.23. The number of aromatic carboxylic acids is 1. The van der Waals surface area contributed by atoms with Crippen LogP contribution in [0.2, 0.25) is 10.0 Å². The fourth-order valence-electron chi connectivity index (χ4n) is 1.50. The normalized spacial score (nSPS) is 11.7. The Morgan fingerprint density at radius 2 is 2.00 bits per heavy atom. The number of halogens is 5. The number of pyridine rings is 1. The Bertz CT molecular complexity index is 685. The molecular weight excluding hydrogens is 322 g/mol. The van der Waals surface area contributed by atoms with E-state index in [1.165, 1.54) is 6.07 Å². The van der Waals surface area contributed by atoms with Crippen molar-refractivity contribution in [3.8, 4) is 5.82 Å². The van der Waals surface area contributed by atoms with E-state index in [4.69, 9.17) is 28.3 Å². The maximum absolute atomic E-state index is 13.0. The van der Waals surface area contributed by atoms with Crippen molar-refractivity contribution in [3.63, 3.8) is 0 Å². The van der Waals surface area contributed by atoms with Crippen LogP contribution in [0.5, 0.6) is 0 Å². The molecule has 0 spiro atoms. The van der Waals surface area contributed by atoms with Crippen molar-refractivity contribution in [1.82, 2.24) is 14.8 Å². The summed E-state index contributed by atoms with van der Waals surface area (Å²) in [4.78, 5) is 14.5. The third kappa shape index (κ3) is 2.44. The van der Waals surface area contributed by atoms with Crippen LogP contribution in [0.15, 0.2) is 18.5 Å². The summed E-state index contributed by atoms with van der Waals surface area (Å²) in [5.41, 5.74) is -2.49. The third-order valence-electron chi connectivity index (χ3n) is 2.29. The highest BCUT2D eigenvalue weighted by Crippen LogP contribution is 2.35. The van der Waals surface area contributed by atoms with Gasteiger partial charge in [-0.1, -0.05) is 23.2 Å². The second-order valence-corrected chi connectivity index (χ2v) is 4.34. The molecule has 20 heavy (non-hydrogen) atoms. The number of hydrogen-bond acceptors (Lipinski definition) is 3. The van der Waals surface area contributed by atoms with E-state index >= 15 is 0 Å². The molecule has 0 unspecified atom stereocenters. The van der Waals surface area contributed by atoms with Crippen LogP contribution in [0.3, 0.4) is 0 Å². The van der Waals surface area contributed by atoms with E-state index in [0.717, 1.165) is 6.20 Å². The van der Waals surface area contributed by atoms with Crippen molar-refractivity contribution >= 4 is 29.2 Å². The minimum atomic E-state index is -4.95. The van der Waals surface area contributed by atoms with Crippen LogP contribution < -0.4 is 0 Å². The molecule has 106 valence electrons. The van der Waals surface area contributed by atoms with Gasteiger partial charge in [-0.15, -0.1) is 0 Å². The molecule has 0 atom stereocenters. The molecule has 1 N–H and O–H groups in total. The van der Waals surface area contributed by atoms with Gasteiger partial charge in [0.1, 0.15) is 10.6 Å². The molecule has 0 aliphatic rings. The molecule has 10 heteroatoms. The predicted molar refractivity (Wildman–Crippen MR) is 63.3 cm³/mol. The van der Waals surface area contributed by atoms with Gasteiger partial charge < -0.3 is 5.11 Å². The molecule has 2 heterocycles. The number of carboxylic acids is 1. The van der Waals surface area contributed by atoms with Gasteiger partial charge in [0.15, 0.2) is 11.5 Å². The van der Waals surface area contributed by atoms with Crippen LogP contribution in [-0.2, 0) is 6.18 Å². The number of nitrogens with zero attached hydrogens (tertiary/aromatic N) is 3. The van der Waals surface area contributed by atoms with Gasteiger partial charge in [-0.3, -0.25) is 0 Å². The minimum Gasteiger partial charge on any atom is -0.478 e. The largest absolute Gasteiger partial charge is 0.478 e. The summed E-state index contributed by atoms with van der Waals surface area (Å²) in [6.07, 6.45) is -3.24. The van der Waals surface area contributed by atoms with Gasteiger partial charge in [-0.25, -0.2) is 14.5 Å². The van der Waals surface area contributed by atoms with Gasteiger partial charge in [0, 0.05) is 6.20 Å². The fraction of sp³-hybridized carbons (Fsp3) is 0.100. The summed E-state index contributed by atoms with van der Waals surface area (Å²) in [7, 11) is 0. The summed E-state index contributed by atoms with van der Waals surface area (Å²) < 4.78 is 39.3. The topological polar surface area (TPSA) is 68.0 Å². The summed E-state index contributed by atoms with van der Waals surface area (Å²) in [6, 6.07) is 1.28. The fourth-order valence-corrected chi connectivity index (χ4v) is 1.83. The molecule has 2 rings (SSSR count). The molecule has 0 aliphatic heterocycles. The molecule has 2 aromatic rings. The number of carbonyl (C=O) groups is 1. The Balaban J connectivity index is 2.76. The molecule has 2 aromatic heterocycles. The lowest BCUT2D eigenvalue weighted by Crippen LogP contribution is -2.18. The van der Waals surface area contributed by atoms with Crippen LogP contribution in [0.4, 0.5) is 13.2 Å². The van der Waals surface area contributed by atoms with E-state index in [2.05, 4.69) is 10.1 Å². The Hall–Kier alpha value is -1.80. The lowest BCUT2D eigenvalue weighted by molar-refractivity contribution is -0.143. The molecule has 0 aliphatic carbocycles. The lowest BCUT2D eigenvalue weighted by Gasteiger charge is -2.12. The van der Waals surface area contributed by atoms with Gasteiger partial charge in [-0.05, 0) is 6.07 Å². The first-order valence-corrected chi connectivity index (χ1v) is 5.68. The summed E-state index contributed by atoms with van der Waals surface area (Å²) >= 11 is 11.5. The van der Waals surface area contributed by atoms with Crippen LogP contribution in [0.1, 0.15) is 16.1 Å². The Morgan fingerprint density at radius 1 is 1.35 bits per heavy atom. The highest BCUT2D eigenvalue weighted by molar-refractivity contribution is 6.42. The highest BCUT2D eigenvalue weighted by atomic mass is 35.5. The first kappa shape index (κ1) is 14.6.